The van der Waals surface area contributed by atoms with Crippen LogP contribution in [0.1, 0.15) is 37.5 Å². The summed E-state index contributed by atoms with van der Waals surface area (Å²) in [6, 6.07) is 7.41. The van der Waals surface area contributed by atoms with E-state index < -0.39 is 0 Å². The maximum absolute atomic E-state index is 11.2. The highest BCUT2D eigenvalue weighted by Gasteiger charge is 2.25. The molecule has 2 aromatic rings. The van der Waals surface area contributed by atoms with E-state index in [-0.39, 0.29) is 5.92 Å². The highest BCUT2D eigenvalue weighted by atomic mass is 35.5. The Balaban J connectivity index is 1.84. The Bertz CT molecular complexity index is 599. The monoisotopic (exact) mass is 276 g/mol. The molecule has 0 radical (unpaired) electrons. The Hall–Kier alpha value is -1.68. The minimum absolute atomic E-state index is 0.196. The van der Waals surface area contributed by atoms with Gasteiger partial charge in [-0.3, -0.25) is 4.79 Å². The number of ketones is 1. The van der Waals surface area contributed by atoms with E-state index in [2.05, 4.69) is 10.1 Å². The SMILES string of the molecule is O=C1CCC(c2nc(-c3ccccc3Cl)no2)CC1. The molecule has 1 fully saturated rings. The number of benzene rings is 1. The minimum Gasteiger partial charge on any atom is -0.339 e. The van der Waals surface area contributed by atoms with E-state index >= 15 is 0 Å². The topological polar surface area (TPSA) is 56.0 Å². The number of nitrogens with zero attached hydrogens (tertiary/aromatic N) is 2. The Morgan fingerprint density at radius 2 is 1.95 bits per heavy atom. The molecule has 0 saturated heterocycles. The summed E-state index contributed by atoms with van der Waals surface area (Å²) in [6.07, 6.45) is 2.80. The molecule has 0 spiro atoms. The van der Waals surface area contributed by atoms with Crippen LogP contribution in [-0.4, -0.2) is 15.9 Å². The van der Waals surface area contributed by atoms with Crippen LogP contribution in [0.5, 0.6) is 0 Å². The van der Waals surface area contributed by atoms with Crippen LogP contribution in [0.15, 0.2) is 28.8 Å². The van der Waals surface area contributed by atoms with E-state index in [0.29, 0.717) is 35.4 Å². The molecule has 1 aromatic carbocycles. The molecule has 4 nitrogen and oxygen atoms in total. The summed E-state index contributed by atoms with van der Waals surface area (Å²) < 4.78 is 5.32. The van der Waals surface area contributed by atoms with Crippen molar-refractivity contribution in [3.05, 3.63) is 35.2 Å². The van der Waals surface area contributed by atoms with E-state index in [1.807, 2.05) is 18.2 Å². The predicted octanol–water partition coefficient (Wildman–Crippen LogP) is 3.62. The molecule has 0 bridgehead atoms. The number of rotatable bonds is 2. The fourth-order valence-electron chi connectivity index (χ4n) is 2.34. The molecule has 1 heterocycles. The van der Waals surface area contributed by atoms with Crippen molar-refractivity contribution in [2.75, 3.05) is 0 Å². The van der Waals surface area contributed by atoms with E-state index in [1.165, 1.54) is 0 Å². The smallest absolute Gasteiger partial charge is 0.230 e. The van der Waals surface area contributed by atoms with Gasteiger partial charge in [-0.05, 0) is 25.0 Å². The van der Waals surface area contributed by atoms with Gasteiger partial charge < -0.3 is 4.52 Å². The summed E-state index contributed by atoms with van der Waals surface area (Å²) >= 11 is 6.11. The summed E-state index contributed by atoms with van der Waals surface area (Å²) in [5.74, 6) is 1.64. The highest BCUT2D eigenvalue weighted by Crippen LogP contribution is 2.32. The molecular formula is C14H13ClN2O2. The third-order valence-electron chi connectivity index (χ3n) is 3.45. The average molecular weight is 277 g/mol. The molecule has 98 valence electrons. The third kappa shape index (κ3) is 2.54. The van der Waals surface area contributed by atoms with E-state index in [4.69, 9.17) is 16.1 Å². The lowest BCUT2D eigenvalue weighted by Gasteiger charge is -2.16. The van der Waals surface area contributed by atoms with Crippen molar-refractivity contribution in [2.45, 2.75) is 31.6 Å². The molecule has 1 saturated carbocycles. The van der Waals surface area contributed by atoms with Gasteiger partial charge in [0.05, 0.1) is 5.02 Å². The lowest BCUT2D eigenvalue weighted by molar-refractivity contribution is -0.120. The zero-order valence-electron chi connectivity index (χ0n) is 10.3. The van der Waals surface area contributed by atoms with Crippen LogP contribution < -0.4 is 0 Å². The molecule has 1 aliphatic rings. The van der Waals surface area contributed by atoms with Crippen LogP contribution in [0.25, 0.3) is 11.4 Å². The van der Waals surface area contributed by atoms with Crippen LogP contribution in [0.2, 0.25) is 5.02 Å². The van der Waals surface area contributed by atoms with Gasteiger partial charge in [-0.1, -0.05) is 28.9 Å². The summed E-state index contributed by atoms with van der Waals surface area (Å²) in [4.78, 5) is 15.6. The Labute approximate surface area is 115 Å². The summed E-state index contributed by atoms with van der Waals surface area (Å²) in [7, 11) is 0. The van der Waals surface area contributed by atoms with Crippen LogP contribution in [-0.2, 0) is 4.79 Å². The standard InChI is InChI=1S/C14H13ClN2O2/c15-12-4-2-1-3-11(12)13-16-14(19-17-13)9-5-7-10(18)8-6-9/h1-4,9H,5-8H2. The second-order valence-electron chi connectivity index (χ2n) is 4.75. The number of hydrogen-bond donors (Lipinski definition) is 0. The Morgan fingerprint density at radius 3 is 2.68 bits per heavy atom. The summed E-state index contributed by atoms with van der Waals surface area (Å²) in [6.45, 7) is 0. The van der Waals surface area contributed by atoms with Crippen LogP contribution in [0, 0.1) is 0 Å². The normalized spacial score (nSPS) is 16.8. The van der Waals surface area contributed by atoms with Gasteiger partial charge in [-0.15, -0.1) is 0 Å². The molecule has 0 atom stereocenters. The molecule has 1 aliphatic carbocycles. The van der Waals surface area contributed by atoms with Crippen molar-refractivity contribution in [1.82, 2.24) is 10.1 Å². The first kappa shape index (κ1) is 12.4. The van der Waals surface area contributed by atoms with Crippen LogP contribution >= 0.6 is 11.6 Å². The molecule has 0 N–H and O–H groups in total. The van der Waals surface area contributed by atoms with E-state index in [1.54, 1.807) is 6.07 Å². The molecule has 0 aliphatic heterocycles. The number of hydrogen-bond acceptors (Lipinski definition) is 4. The largest absolute Gasteiger partial charge is 0.339 e. The number of carbonyl (C=O) groups is 1. The third-order valence-corrected chi connectivity index (χ3v) is 3.78. The Morgan fingerprint density at radius 1 is 1.21 bits per heavy atom. The van der Waals surface area contributed by atoms with Crippen molar-refractivity contribution >= 4 is 17.4 Å². The summed E-state index contributed by atoms with van der Waals surface area (Å²) in [5.41, 5.74) is 0.769. The van der Waals surface area contributed by atoms with Gasteiger partial charge in [0.2, 0.25) is 11.7 Å². The van der Waals surface area contributed by atoms with Crippen molar-refractivity contribution in [3.8, 4) is 11.4 Å². The molecule has 1 aromatic heterocycles. The first-order valence-corrected chi connectivity index (χ1v) is 6.72. The second-order valence-corrected chi connectivity index (χ2v) is 5.16. The van der Waals surface area contributed by atoms with Crippen molar-refractivity contribution < 1.29 is 9.32 Å². The van der Waals surface area contributed by atoms with Gasteiger partial charge in [-0.2, -0.15) is 4.98 Å². The highest BCUT2D eigenvalue weighted by molar-refractivity contribution is 6.33. The minimum atomic E-state index is 0.196. The van der Waals surface area contributed by atoms with E-state index in [0.717, 1.165) is 18.4 Å². The lowest BCUT2D eigenvalue weighted by atomic mass is 9.88. The zero-order chi connectivity index (χ0) is 13.2. The lowest BCUT2D eigenvalue weighted by Crippen LogP contribution is -2.12. The molecule has 3 rings (SSSR count). The van der Waals surface area contributed by atoms with Crippen molar-refractivity contribution in [1.29, 1.82) is 0 Å². The van der Waals surface area contributed by atoms with Gasteiger partial charge in [0.25, 0.3) is 0 Å². The molecule has 0 amide bonds. The number of halogens is 1. The predicted molar refractivity (Wildman–Crippen MR) is 71.0 cm³/mol. The fraction of sp³-hybridized carbons (Fsp3) is 0.357. The Kier molecular flexibility index (Phi) is 3.34. The van der Waals surface area contributed by atoms with Gasteiger partial charge >= 0.3 is 0 Å². The second kappa shape index (κ2) is 5.13. The number of aromatic nitrogens is 2. The summed E-state index contributed by atoms with van der Waals surface area (Å²) in [5, 5.41) is 4.59. The molecular weight excluding hydrogens is 264 g/mol. The maximum atomic E-state index is 11.2. The zero-order valence-corrected chi connectivity index (χ0v) is 11.1. The van der Waals surface area contributed by atoms with Crippen molar-refractivity contribution in [3.63, 3.8) is 0 Å². The fourth-order valence-corrected chi connectivity index (χ4v) is 2.56. The van der Waals surface area contributed by atoms with Gasteiger partial charge in [0, 0.05) is 24.3 Å². The van der Waals surface area contributed by atoms with Gasteiger partial charge in [0.1, 0.15) is 5.78 Å². The first-order chi connectivity index (χ1) is 9.24. The molecule has 0 unspecified atom stereocenters. The van der Waals surface area contributed by atoms with Gasteiger partial charge in [0.15, 0.2) is 0 Å². The molecule has 19 heavy (non-hydrogen) atoms. The number of carbonyl (C=O) groups excluding carboxylic acids is 1. The quantitative estimate of drug-likeness (QED) is 0.841. The maximum Gasteiger partial charge on any atom is 0.230 e. The average Bonchev–Trinajstić information content (AvgIpc) is 2.89. The molecule has 5 heteroatoms. The van der Waals surface area contributed by atoms with Crippen LogP contribution in [0.3, 0.4) is 0 Å². The van der Waals surface area contributed by atoms with Crippen molar-refractivity contribution in [2.24, 2.45) is 0 Å². The number of Topliss-reactive ketones (excluding diaryl/α,β-unsaturated/α-hetero) is 1. The van der Waals surface area contributed by atoms with Crippen LogP contribution in [0.4, 0.5) is 0 Å². The first-order valence-electron chi connectivity index (χ1n) is 6.34. The van der Waals surface area contributed by atoms with Gasteiger partial charge in [-0.25, -0.2) is 0 Å². The van der Waals surface area contributed by atoms with E-state index in [9.17, 15) is 4.79 Å².